The molecule has 2 rings (SSSR count). The molecule has 0 aliphatic heterocycles. The number of H-pyrrole nitrogens is 1. The highest BCUT2D eigenvalue weighted by atomic mass is 16.5. The molecule has 2 aromatic rings. The van der Waals surface area contributed by atoms with Gasteiger partial charge in [0.15, 0.2) is 0 Å². The number of amides is 1. The number of benzene rings is 1. The summed E-state index contributed by atoms with van der Waals surface area (Å²) >= 11 is 0. The van der Waals surface area contributed by atoms with Crippen molar-refractivity contribution in [3.05, 3.63) is 51.8 Å². The van der Waals surface area contributed by atoms with Crippen LogP contribution in [0.1, 0.15) is 51.8 Å². The second kappa shape index (κ2) is 8.01. The molecule has 5 heteroatoms. The number of carbonyl (C=O) groups is 2. The van der Waals surface area contributed by atoms with Crippen molar-refractivity contribution in [2.45, 2.75) is 47.5 Å². The maximum absolute atomic E-state index is 12.3. The summed E-state index contributed by atoms with van der Waals surface area (Å²) in [5, 5.41) is 2.97. The van der Waals surface area contributed by atoms with Gasteiger partial charge in [-0.1, -0.05) is 12.1 Å². The third kappa shape index (κ3) is 4.50. The van der Waals surface area contributed by atoms with Crippen molar-refractivity contribution < 1.29 is 14.3 Å². The van der Waals surface area contributed by atoms with Crippen molar-refractivity contribution in [2.75, 3.05) is 11.9 Å². The highest BCUT2D eigenvalue weighted by Gasteiger charge is 2.18. The number of hydrogen-bond donors (Lipinski definition) is 2. The Morgan fingerprint density at radius 3 is 2.56 bits per heavy atom. The Hall–Kier alpha value is -2.56. The summed E-state index contributed by atoms with van der Waals surface area (Å²) in [6, 6.07) is 5.99. The SMILES string of the molecule is CCOC(=O)c1[nH]c(C)c(CCC(=O)Nc2cc(C)ccc2C)c1C. The number of aromatic amines is 1. The van der Waals surface area contributed by atoms with Gasteiger partial charge in [0.25, 0.3) is 0 Å². The molecule has 0 spiro atoms. The van der Waals surface area contributed by atoms with E-state index >= 15 is 0 Å². The predicted molar refractivity (Wildman–Crippen MR) is 99.1 cm³/mol. The number of rotatable bonds is 6. The smallest absolute Gasteiger partial charge is 0.355 e. The summed E-state index contributed by atoms with van der Waals surface area (Å²) in [5.41, 5.74) is 6.23. The van der Waals surface area contributed by atoms with Crippen LogP contribution < -0.4 is 5.32 Å². The quantitative estimate of drug-likeness (QED) is 0.780. The first kappa shape index (κ1) is 18.8. The van der Waals surface area contributed by atoms with E-state index in [0.717, 1.165) is 33.6 Å². The Kier molecular flexibility index (Phi) is 6.02. The average Bonchev–Trinajstić information content (AvgIpc) is 2.84. The Morgan fingerprint density at radius 1 is 1.16 bits per heavy atom. The van der Waals surface area contributed by atoms with Crippen LogP contribution in [0.5, 0.6) is 0 Å². The maximum Gasteiger partial charge on any atom is 0.355 e. The average molecular weight is 342 g/mol. The first-order valence-corrected chi connectivity index (χ1v) is 8.55. The molecule has 0 atom stereocenters. The number of aromatic nitrogens is 1. The normalized spacial score (nSPS) is 10.6. The van der Waals surface area contributed by atoms with Crippen molar-refractivity contribution in [3.8, 4) is 0 Å². The van der Waals surface area contributed by atoms with Gasteiger partial charge in [0, 0.05) is 17.8 Å². The van der Waals surface area contributed by atoms with Crippen LogP contribution >= 0.6 is 0 Å². The molecule has 25 heavy (non-hydrogen) atoms. The number of anilines is 1. The zero-order valence-electron chi connectivity index (χ0n) is 15.6. The minimum Gasteiger partial charge on any atom is -0.461 e. The molecule has 1 aromatic carbocycles. The predicted octanol–water partition coefficient (Wildman–Crippen LogP) is 4.00. The number of nitrogens with one attached hydrogen (secondary N) is 2. The van der Waals surface area contributed by atoms with E-state index in [-0.39, 0.29) is 11.9 Å². The Bertz CT molecular complexity index is 790. The molecular weight excluding hydrogens is 316 g/mol. The van der Waals surface area contributed by atoms with Gasteiger partial charge in [-0.25, -0.2) is 4.79 Å². The number of ether oxygens (including phenoxy) is 1. The molecule has 0 saturated carbocycles. The van der Waals surface area contributed by atoms with Crippen molar-refractivity contribution in [1.82, 2.24) is 4.98 Å². The standard InChI is InChI=1S/C20H26N2O3/c1-6-25-20(24)19-14(4)16(15(5)21-19)9-10-18(23)22-17-11-12(2)7-8-13(17)3/h7-8,11,21H,6,9-10H2,1-5H3,(H,22,23). The number of hydrogen-bond acceptors (Lipinski definition) is 3. The highest BCUT2D eigenvalue weighted by molar-refractivity contribution is 5.92. The molecule has 0 bridgehead atoms. The minimum atomic E-state index is -0.353. The van der Waals surface area contributed by atoms with E-state index in [9.17, 15) is 9.59 Å². The first-order chi connectivity index (χ1) is 11.8. The van der Waals surface area contributed by atoms with Crippen LogP contribution in [0.25, 0.3) is 0 Å². The van der Waals surface area contributed by atoms with E-state index in [2.05, 4.69) is 10.3 Å². The second-order valence-electron chi connectivity index (χ2n) is 6.32. The second-order valence-corrected chi connectivity index (χ2v) is 6.32. The largest absolute Gasteiger partial charge is 0.461 e. The topological polar surface area (TPSA) is 71.2 Å². The Balaban J connectivity index is 2.05. The van der Waals surface area contributed by atoms with Gasteiger partial charge in [0.1, 0.15) is 5.69 Å². The van der Waals surface area contributed by atoms with Gasteiger partial charge in [-0.05, 0) is 69.4 Å². The first-order valence-electron chi connectivity index (χ1n) is 8.55. The fourth-order valence-electron chi connectivity index (χ4n) is 2.89. The summed E-state index contributed by atoms with van der Waals surface area (Å²) in [5.74, 6) is -0.388. The lowest BCUT2D eigenvalue weighted by atomic mass is 10.0. The molecule has 0 fully saturated rings. The van der Waals surface area contributed by atoms with E-state index < -0.39 is 0 Å². The van der Waals surface area contributed by atoms with Gasteiger partial charge < -0.3 is 15.0 Å². The van der Waals surface area contributed by atoms with Crippen LogP contribution in [-0.2, 0) is 16.0 Å². The van der Waals surface area contributed by atoms with E-state index in [0.29, 0.717) is 25.1 Å². The Morgan fingerprint density at radius 2 is 1.88 bits per heavy atom. The molecule has 0 radical (unpaired) electrons. The molecule has 0 aliphatic carbocycles. The van der Waals surface area contributed by atoms with Gasteiger partial charge in [-0.15, -0.1) is 0 Å². The van der Waals surface area contributed by atoms with Crippen molar-refractivity contribution in [2.24, 2.45) is 0 Å². The molecule has 1 aromatic heterocycles. The van der Waals surface area contributed by atoms with E-state index in [1.165, 1.54) is 0 Å². The van der Waals surface area contributed by atoms with Crippen LogP contribution in [0.4, 0.5) is 5.69 Å². The number of carbonyl (C=O) groups excluding carboxylic acids is 2. The molecule has 2 N–H and O–H groups in total. The number of aryl methyl sites for hydroxylation is 3. The van der Waals surface area contributed by atoms with Gasteiger partial charge in [0.05, 0.1) is 6.61 Å². The fourth-order valence-corrected chi connectivity index (χ4v) is 2.89. The minimum absolute atomic E-state index is 0.0358. The zero-order chi connectivity index (χ0) is 18.6. The fraction of sp³-hybridized carbons (Fsp3) is 0.400. The Labute approximate surface area is 148 Å². The molecular formula is C20H26N2O3. The van der Waals surface area contributed by atoms with Gasteiger partial charge in [-0.3, -0.25) is 4.79 Å². The molecule has 5 nitrogen and oxygen atoms in total. The van der Waals surface area contributed by atoms with Crippen molar-refractivity contribution in [1.29, 1.82) is 0 Å². The van der Waals surface area contributed by atoms with Gasteiger partial charge in [0.2, 0.25) is 5.91 Å². The van der Waals surface area contributed by atoms with E-state index in [1.807, 2.05) is 45.9 Å². The van der Waals surface area contributed by atoms with E-state index in [4.69, 9.17) is 4.74 Å². The summed E-state index contributed by atoms with van der Waals surface area (Å²) in [4.78, 5) is 27.3. The summed E-state index contributed by atoms with van der Waals surface area (Å²) < 4.78 is 5.06. The maximum atomic E-state index is 12.3. The van der Waals surface area contributed by atoms with Gasteiger partial charge in [-0.2, -0.15) is 0 Å². The van der Waals surface area contributed by atoms with E-state index in [1.54, 1.807) is 6.92 Å². The molecule has 0 aliphatic rings. The lowest BCUT2D eigenvalue weighted by Crippen LogP contribution is -2.13. The summed E-state index contributed by atoms with van der Waals surface area (Å²) in [6.07, 6.45) is 0.930. The summed E-state index contributed by atoms with van der Waals surface area (Å²) in [6.45, 7) is 9.88. The zero-order valence-corrected chi connectivity index (χ0v) is 15.6. The van der Waals surface area contributed by atoms with Crippen LogP contribution in [0, 0.1) is 27.7 Å². The molecule has 1 heterocycles. The van der Waals surface area contributed by atoms with Crippen molar-refractivity contribution in [3.63, 3.8) is 0 Å². The van der Waals surface area contributed by atoms with Crippen LogP contribution in [-0.4, -0.2) is 23.5 Å². The molecule has 0 unspecified atom stereocenters. The molecule has 1 amide bonds. The monoisotopic (exact) mass is 342 g/mol. The molecule has 134 valence electrons. The lowest BCUT2D eigenvalue weighted by Gasteiger charge is -2.09. The van der Waals surface area contributed by atoms with Crippen LogP contribution in [0.2, 0.25) is 0 Å². The molecule has 0 saturated heterocycles. The third-order valence-electron chi connectivity index (χ3n) is 4.34. The van der Waals surface area contributed by atoms with Crippen LogP contribution in [0.3, 0.4) is 0 Å². The third-order valence-corrected chi connectivity index (χ3v) is 4.34. The van der Waals surface area contributed by atoms with Crippen molar-refractivity contribution >= 4 is 17.6 Å². The van der Waals surface area contributed by atoms with Crippen LogP contribution in [0.15, 0.2) is 18.2 Å². The number of esters is 1. The van der Waals surface area contributed by atoms with Gasteiger partial charge >= 0.3 is 5.97 Å². The highest BCUT2D eigenvalue weighted by Crippen LogP contribution is 2.21. The lowest BCUT2D eigenvalue weighted by molar-refractivity contribution is -0.116. The summed E-state index contributed by atoms with van der Waals surface area (Å²) in [7, 11) is 0.